The Morgan fingerprint density at radius 1 is 1.47 bits per heavy atom. The number of carboxylic acids is 1. The Morgan fingerprint density at radius 3 is 2.87 bits per heavy atom. The summed E-state index contributed by atoms with van der Waals surface area (Å²) in [4.78, 5) is 14.8. The normalized spacial score (nSPS) is 10.2. The molecule has 0 aliphatic carbocycles. The topological polar surface area (TPSA) is 55.1 Å². The van der Waals surface area contributed by atoms with Crippen LogP contribution in [0.5, 0.6) is 0 Å². The first-order valence-electron chi connectivity index (χ1n) is 4.19. The number of halogens is 1. The molecular formula is C10H7ClN2O2. The van der Waals surface area contributed by atoms with Gasteiger partial charge in [0.15, 0.2) is 0 Å². The van der Waals surface area contributed by atoms with E-state index in [0.29, 0.717) is 10.7 Å². The maximum atomic E-state index is 11.0. The van der Waals surface area contributed by atoms with Gasteiger partial charge in [-0.2, -0.15) is 0 Å². The molecule has 2 aromatic rings. The summed E-state index contributed by atoms with van der Waals surface area (Å²) in [7, 11) is 0. The first kappa shape index (κ1) is 9.73. The molecule has 1 N–H and O–H groups in total. The second-order valence-electron chi connectivity index (χ2n) is 2.94. The molecule has 0 saturated heterocycles. The van der Waals surface area contributed by atoms with Crippen LogP contribution in [0.3, 0.4) is 0 Å². The largest absolute Gasteiger partial charge is 0.478 e. The monoisotopic (exact) mass is 222 g/mol. The molecule has 15 heavy (non-hydrogen) atoms. The molecule has 4 nitrogen and oxygen atoms in total. The third-order valence-electron chi connectivity index (χ3n) is 1.97. The number of aromatic nitrogens is 2. The first-order valence-corrected chi connectivity index (χ1v) is 4.57. The van der Waals surface area contributed by atoms with Crippen molar-refractivity contribution in [3.63, 3.8) is 0 Å². The van der Waals surface area contributed by atoms with Crippen LogP contribution in [0.2, 0.25) is 5.02 Å². The van der Waals surface area contributed by atoms with E-state index >= 15 is 0 Å². The van der Waals surface area contributed by atoms with E-state index in [1.54, 1.807) is 29.1 Å². The van der Waals surface area contributed by atoms with Crippen molar-refractivity contribution in [2.24, 2.45) is 0 Å². The van der Waals surface area contributed by atoms with E-state index in [1.165, 1.54) is 12.4 Å². The molecule has 0 spiro atoms. The molecule has 0 atom stereocenters. The zero-order valence-corrected chi connectivity index (χ0v) is 8.35. The van der Waals surface area contributed by atoms with Crippen LogP contribution in [0, 0.1) is 0 Å². The lowest BCUT2D eigenvalue weighted by Gasteiger charge is -2.06. The summed E-state index contributed by atoms with van der Waals surface area (Å²) in [6.07, 6.45) is 4.80. The van der Waals surface area contributed by atoms with Crippen LogP contribution in [0.25, 0.3) is 5.69 Å². The molecule has 1 aromatic carbocycles. The average Bonchev–Trinajstić information content (AvgIpc) is 2.70. The van der Waals surface area contributed by atoms with E-state index in [2.05, 4.69) is 4.98 Å². The molecule has 1 aromatic heterocycles. The van der Waals surface area contributed by atoms with E-state index in [9.17, 15) is 4.79 Å². The lowest BCUT2D eigenvalue weighted by atomic mass is 10.2. The minimum atomic E-state index is -1.01. The molecule has 0 unspecified atom stereocenters. The number of carbonyl (C=O) groups is 1. The molecule has 0 bridgehead atoms. The summed E-state index contributed by atoms with van der Waals surface area (Å²) in [5.74, 6) is -1.01. The number of nitrogens with zero attached hydrogens (tertiary/aromatic N) is 2. The highest BCUT2D eigenvalue weighted by Gasteiger charge is 2.11. The third-order valence-corrected chi connectivity index (χ3v) is 2.21. The fourth-order valence-electron chi connectivity index (χ4n) is 1.31. The van der Waals surface area contributed by atoms with E-state index in [0.717, 1.165) is 0 Å². The Kier molecular flexibility index (Phi) is 2.43. The molecule has 0 amide bonds. The Hall–Kier alpha value is -1.81. The quantitative estimate of drug-likeness (QED) is 0.848. The summed E-state index contributed by atoms with van der Waals surface area (Å²) in [6.45, 7) is 0. The molecular weight excluding hydrogens is 216 g/mol. The smallest absolute Gasteiger partial charge is 0.337 e. The van der Waals surface area contributed by atoms with Gasteiger partial charge in [-0.3, -0.25) is 0 Å². The number of benzene rings is 1. The number of carboxylic acid groups (broad SMARTS) is 1. The Labute approximate surface area is 90.8 Å². The van der Waals surface area contributed by atoms with Gasteiger partial charge in [-0.15, -0.1) is 0 Å². The number of hydrogen-bond acceptors (Lipinski definition) is 2. The third kappa shape index (κ3) is 1.85. The maximum absolute atomic E-state index is 11.0. The van der Waals surface area contributed by atoms with Crippen LogP contribution < -0.4 is 0 Å². The van der Waals surface area contributed by atoms with Gasteiger partial charge in [0, 0.05) is 17.4 Å². The molecule has 0 fully saturated rings. The van der Waals surface area contributed by atoms with Crippen LogP contribution in [-0.4, -0.2) is 20.6 Å². The fourth-order valence-corrected chi connectivity index (χ4v) is 1.48. The predicted octanol–water partition coefficient (Wildman–Crippen LogP) is 2.22. The van der Waals surface area contributed by atoms with Crippen LogP contribution in [-0.2, 0) is 0 Å². The highest BCUT2D eigenvalue weighted by Crippen LogP contribution is 2.19. The van der Waals surface area contributed by atoms with Crippen molar-refractivity contribution in [3.8, 4) is 5.69 Å². The van der Waals surface area contributed by atoms with Gasteiger partial charge in [-0.05, 0) is 18.2 Å². The maximum Gasteiger partial charge on any atom is 0.337 e. The number of imidazole rings is 1. The molecule has 5 heteroatoms. The SMILES string of the molecule is O=C(O)c1cc(Cl)ccc1-n1ccnc1. The van der Waals surface area contributed by atoms with Gasteiger partial charge < -0.3 is 9.67 Å². The van der Waals surface area contributed by atoms with Gasteiger partial charge in [0.05, 0.1) is 17.6 Å². The fraction of sp³-hybridized carbons (Fsp3) is 0. The Bertz CT molecular complexity index is 494. The van der Waals surface area contributed by atoms with Gasteiger partial charge in [-0.25, -0.2) is 9.78 Å². The van der Waals surface area contributed by atoms with Crippen molar-refractivity contribution in [2.75, 3.05) is 0 Å². The minimum Gasteiger partial charge on any atom is -0.478 e. The molecule has 0 aliphatic heterocycles. The zero-order valence-electron chi connectivity index (χ0n) is 7.59. The van der Waals surface area contributed by atoms with Crippen molar-refractivity contribution < 1.29 is 9.90 Å². The van der Waals surface area contributed by atoms with Crippen LogP contribution in [0.1, 0.15) is 10.4 Å². The summed E-state index contributed by atoms with van der Waals surface area (Å²) in [5, 5.41) is 9.40. The van der Waals surface area contributed by atoms with E-state index < -0.39 is 5.97 Å². The highest BCUT2D eigenvalue weighted by molar-refractivity contribution is 6.31. The summed E-state index contributed by atoms with van der Waals surface area (Å²) in [5.41, 5.74) is 0.699. The summed E-state index contributed by atoms with van der Waals surface area (Å²) >= 11 is 5.73. The van der Waals surface area contributed by atoms with Crippen molar-refractivity contribution in [1.82, 2.24) is 9.55 Å². The summed E-state index contributed by atoms with van der Waals surface area (Å²) < 4.78 is 1.62. The van der Waals surface area contributed by atoms with E-state index in [4.69, 9.17) is 16.7 Å². The number of hydrogen-bond donors (Lipinski definition) is 1. The van der Waals surface area contributed by atoms with Crippen molar-refractivity contribution in [2.45, 2.75) is 0 Å². The molecule has 76 valence electrons. The van der Waals surface area contributed by atoms with Crippen LogP contribution in [0.15, 0.2) is 36.9 Å². The molecule has 0 saturated carbocycles. The average molecular weight is 223 g/mol. The van der Waals surface area contributed by atoms with E-state index in [-0.39, 0.29) is 5.56 Å². The minimum absolute atomic E-state index is 0.153. The second-order valence-corrected chi connectivity index (χ2v) is 3.37. The Balaban J connectivity index is 2.61. The molecule has 2 rings (SSSR count). The number of aromatic carboxylic acids is 1. The predicted molar refractivity (Wildman–Crippen MR) is 55.5 cm³/mol. The van der Waals surface area contributed by atoms with Gasteiger partial charge in [0.2, 0.25) is 0 Å². The Morgan fingerprint density at radius 2 is 2.27 bits per heavy atom. The van der Waals surface area contributed by atoms with Crippen LogP contribution in [0.4, 0.5) is 0 Å². The molecule has 0 aliphatic rings. The van der Waals surface area contributed by atoms with E-state index in [1.807, 2.05) is 0 Å². The second kappa shape index (κ2) is 3.74. The van der Waals surface area contributed by atoms with Gasteiger partial charge in [-0.1, -0.05) is 11.6 Å². The standard InChI is InChI=1S/C10H7ClN2O2/c11-7-1-2-9(8(5-7)10(14)15)13-4-3-12-6-13/h1-6H,(H,14,15). The van der Waals surface area contributed by atoms with Gasteiger partial charge in [0.25, 0.3) is 0 Å². The van der Waals surface area contributed by atoms with Gasteiger partial charge >= 0.3 is 5.97 Å². The number of rotatable bonds is 2. The summed E-state index contributed by atoms with van der Waals surface area (Å²) in [6, 6.07) is 4.70. The lowest BCUT2D eigenvalue weighted by Crippen LogP contribution is -2.03. The van der Waals surface area contributed by atoms with Crippen molar-refractivity contribution in [3.05, 3.63) is 47.5 Å². The van der Waals surface area contributed by atoms with Crippen LogP contribution >= 0.6 is 11.6 Å². The molecule has 1 heterocycles. The van der Waals surface area contributed by atoms with Crippen molar-refractivity contribution in [1.29, 1.82) is 0 Å². The first-order chi connectivity index (χ1) is 7.18. The zero-order chi connectivity index (χ0) is 10.8. The molecule has 0 radical (unpaired) electrons. The lowest BCUT2D eigenvalue weighted by molar-refractivity contribution is 0.0697. The van der Waals surface area contributed by atoms with Crippen molar-refractivity contribution >= 4 is 17.6 Å². The highest BCUT2D eigenvalue weighted by atomic mass is 35.5. The van der Waals surface area contributed by atoms with Gasteiger partial charge in [0.1, 0.15) is 0 Å².